The summed E-state index contributed by atoms with van der Waals surface area (Å²) in [6.07, 6.45) is 0. The second-order valence-corrected chi connectivity index (χ2v) is 21.1. The van der Waals surface area contributed by atoms with Crippen LogP contribution in [0.25, 0.3) is 0 Å². The SMILES string of the molecule is c1ccc2c(c1)SCCSc1ccccc1Sc1ccccc1SCCSc1ccccc1Sc1ccccc1SCCSc1ccccc1S2. The van der Waals surface area contributed by atoms with Crippen LogP contribution in [0.3, 0.4) is 0 Å². The molecule has 0 N–H and O–H groups in total. The molecule has 51 heavy (non-hydrogen) atoms. The molecule has 0 atom stereocenters. The quantitative estimate of drug-likeness (QED) is 0.146. The maximum Gasteiger partial charge on any atom is 0.0258 e. The van der Waals surface area contributed by atoms with Crippen molar-refractivity contribution < 1.29 is 0 Å². The van der Waals surface area contributed by atoms with Gasteiger partial charge in [-0.05, 0) is 72.8 Å². The molecule has 1 heterocycles. The number of hydrogen-bond donors (Lipinski definition) is 0. The topological polar surface area (TPSA) is 0 Å². The average Bonchev–Trinajstić information content (AvgIpc) is 3.17. The predicted molar refractivity (Wildman–Crippen MR) is 235 cm³/mol. The van der Waals surface area contributed by atoms with Gasteiger partial charge in [0, 0.05) is 93.3 Å². The van der Waals surface area contributed by atoms with Crippen molar-refractivity contribution in [2.24, 2.45) is 0 Å². The monoisotopic (exact) mass is 828 g/mol. The van der Waals surface area contributed by atoms with Gasteiger partial charge in [0.2, 0.25) is 0 Å². The minimum absolute atomic E-state index is 1.06. The highest BCUT2D eigenvalue weighted by Crippen LogP contribution is 2.44. The minimum atomic E-state index is 1.06. The van der Waals surface area contributed by atoms with E-state index in [0.29, 0.717) is 0 Å². The molecule has 1 aliphatic rings. The Balaban J connectivity index is 1.14. The zero-order chi connectivity index (χ0) is 34.5. The summed E-state index contributed by atoms with van der Waals surface area (Å²) in [4.78, 5) is 16.2. The molecule has 6 aromatic carbocycles. The van der Waals surface area contributed by atoms with Gasteiger partial charge in [0.05, 0.1) is 0 Å². The molecule has 1 aliphatic heterocycles. The maximum absolute atomic E-state index is 2.28. The van der Waals surface area contributed by atoms with Gasteiger partial charge in [-0.2, -0.15) is 0 Å². The van der Waals surface area contributed by atoms with Crippen LogP contribution in [0.1, 0.15) is 0 Å². The van der Waals surface area contributed by atoms with E-state index in [-0.39, 0.29) is 0 Å². The van der Waals surface area contributed by atoms with Crippen LogP contribution in [0.5, 0.6) is 0 Å². The van der Waals surface area contributed by atoms with E-state index in [0.717, 1.165) is 34.5 Å². The summed E-state index contributed by atoms with van der Waals surface area (Å²) in [7, 11) is 0. The van der Waals surface area contributed by atoms with Crippen molar-refractivity contribution in [2.75, 3.05) is 34.5 Å². The second kappa shape index (κ2) is 20.2. The lowest BCUT2D eigenvalue weighted by atomic mass is 10.4. The number of thioether (sulfide) groups is 6. The van der Waals surface area contributed by atoms with Crippen molar-refractivity contribution in [2.45, 2.75) is 58.7 Å². The first-order valence-electron chi connectivity index (χ1n) is 16.6. The Morgan fingerprint density at radius 2 is 0.333 bits per heavy atom. The summed E-state index contributed by atoms with van der Waals surface area (Å²) >= 11 is 17.5. The van der Waals surface area contributed by atoms with Gasteiger partial charge in [-0.15, -0.1) is 70.6 Å². The highest BCUT2D eigenvalue weighted by molar-refractivity contribution is 8.07. The molecular formula is C42H36S9. The summed E-state index contributed by atoms with van der Waals surface area (Å²) in [5.41, 5.74) is 0. The normalized spacial score (nSPS) is 15.1. The molecule has 0 unspecified atom stereocenters. The highest BCUT2D eigenvalue weighted by atomic mass is 32.2. The molecule has 0 aromatic heterocycles. The van der Waals surface area contributed by atoms with Crippen molar-refractivity contribution in [3.8, 4) is 0 Å². The van der Waals surface area contributed by atoms with E-state index in [1.165, 1.54) is 58.7 Å². The molecule has 0 radical (unpaired) electrons. The van der Waals surface area contributed by atoms with Crippen molar-refractivity contribution in [3.05, 3.63) is 146 Å². The van der Waals surface area contributed by atoms with Crippen LogP contribution in [0.4, 0.5) is 0 Å². The van der Waals surface area contributed by atoms with Gasteiger partial charge in [0.1, 0.15) is 0 Å². The van der Waals surface area contributed by atoms with Crippen molar-refractivity contribution in [1.82, 2.24) is 0 Å². The summed E-state index contributed by atoms with van der Waals surface area (Å²) in [6.45, 7) is 0. The third kappa shape index (κ3) is 11.0. The van der Waals surface area contributed by atoms with Gasteiger partial charge < -0.3 is 0 Å². The lowest BCUT2D eigenvalue weighted by Gasteiger charge is -2.13. The van der Waals surface area contributed by atoms with Crippen LogP contribution in [0.15, 0.2) is 204 Å². The van der Waals surface area contributed by atoms with Crippen LogP contribution in [0, 0.1) is 0 Å². The van der Waals surface area contributed by atoms with Gasteiger partial charge >= 0.3 is 0 Å². The minimum Gasteiger partial charge on any atom is -0.124 e. The molecule has 0 bridgehead atoms. The van der Waals surface area contributed by atoms with E-state index in [9.17, 15) is 0 Å². The Morgan fingerprint density at radius 1 is 0.196 bits per heavy atom. The summed E-state index contributed by atoms with van der Waals surface area (Å²) < 4.78 is 0. The molecular weight excluding hydrogens is 793 g/mol. The van der Waals surface area contributed by atoms with E-state index in [2.05, 4.69) is 146 Å². The Hall–Kier alpha value is -1.53. The van der Waals surface area contributed by atoms with E-state index in [1.807, 2.05) is 106 Å². The fourth-order valence-electron chi connectivity index (χ4n) is 5.19. The van der Waals surface area contributed by atoms with Gasteiger partial charge in [-0.1, -0.05) is 108 Å². The molecule has 0 amide bonds. The lowest BCUT2D eigenvalue weighted by molar-refractivity contribution is 1.19. The molecule has 0 saturated carbocycles. The highest BCUT2D eigenvalue weighted by Gasteiger charge is 2.13. The fourth-order valence-corrected chi connectivity index (χ4v) is 15.2. The number of rotatable bonds is 0. The molecule has 6 aromatic rings. The zero-order valence-electron chi connectivity index (χ0n) is 27.8. The van der Waals surface area contributed by atoms with E-state index in [1.54, 1.807) is 0 Å². The Kier molecular flexibility index (Phi) is 15.0. The van der Waals surface area contributed by atoms with Crippen LogP contribution in [-0.2, 0) is 0 Å². The number of benzene rings is 6. The zero-order valence-corrected chi connectivity index (χ0v) is 35.1. The fraction of sp³-hybridized carbons (Fsp3) is 0.143. The first kappa shape index (κ1) is 37.8. The first-order valence-corrected chi connectivity index (χ1v) is 25.0. The summed E-state index contributed by atoms with van der Waals surface area (Å²) in [5.74, 6) is 6.34. The number of fused-ring (bicyclic) bond motifs is 6. The van der Waals surface area contributed by atoms with Crippen LogP contribution >= 0.6 is 106 Å². The van der Waals surface area contributed by atoms with Gasteiger partial charge in [-0.3, -0.25) is 0 Å². The van der Waals surface area contributed by atoms with Crippen LogP contribution in [-0.4, -0.2) is 34.5 Å². The molecule has 0 fully saturated rings. The van der Waals surface area contributed by atoms with Crippen molar-refractivity contribution in [1.29, 1.82) is 0 Å². The molecule has 0 aliphatic carbocycles. The average molecular weight is 829 g/mol. The maximum atomic E-state index is 2.28. The molecule has 258 valence electrons. The van der Waals surface area contributed by atoms with E-state index < -0.39 is 0 Å². The molecule has 0 spiro atoms. The molecule has 0 nitrogen and oxygen atoms in total. The lowest BCUT2D eigenvalue weighted by Crippen LogP contribution is -1.89. The second-order valence-electron chi connectivity index (χ2n) is 11.1. The molecule has 0 saturated heterocycles. The van der Waals surface area contributed by atoms with Gasteiger partial charge in [-0.25, -0.2) is 0 Å². The Morgan fingerprint density at radius 3 is 0.490 bits per heavy atom. The molecule has 9 heteroatoms. The van der Waals surface area contributed by atoms with Crippen molar-refractivity contribution in [3.63, 3.8) is 0 Å². The predicted octanol–water partition coefficient (Wildman–Crippen LogP) is 15.1. The van der Waals surface area contributed by atoms with E-state index in [4.69, 9.17) is 0 Å². The molecule has 7 rings (SSSR count). The first-order chi connectivity index (χ1) is 25.3. The third-order valence-corrected chi connectivity index (χ3v) is 19.0. The standard InChI is InChI=1S/C42H36S9/c1-7-19-37-31(13-1)43-25-26-44-33-15-3-9-21-39(33)50-40-22-10-4-16-34(40)47-29-30-48-36-18-6-12-24-42(36)51-41-23-11-5-17-35(41)46-28-27-45-32-14-2-8-20-38(32)49-37/h1-24H,25-30H2. The summed E-state index contributed by atoms with van der Waals surface area (Å²) in [6, 6.07) is 53.4. The third-order valence-electron chi connectivity index (χ3n) is 7.55. The van der Waals surface area contributed by atoms with E-state index >= 15 is 0 Å². The van der Waals surface area contributed by atoms with Crippen LogP contribution in [0.2, 0.25) is 0 Å². The van der Waals surface area contributed by atoms with Crippen molar-refractivity contribution >= 4 is 106 Å². The smallest absolute Gasteiger partial charge is 0.0258 e. The van der Waals surface area contributed by atoms with Crippen LogP contribution < -0.4 is 0 Å². The largest absolute Gasteiger partial charge is 0.124 e. The van der Waals surface area contributed by atoms with Gasteiger partial charge in [0.25, 0.3) is 0 Å². The Bertz CT molecular complexity index is 1660. The Labute approximate surface area is 341 Å². The number of hydrogen-bond acceptors (Lipinski definition) is 9. The van der Waals surface area contributed by atoms with Gasteiger partial charge in [0.15, 0.2) is 0 Å². The summed E-state index contributed by atoms with van der Waals surface area (Å²) in [5, 5.41) is 0.